The molecular formula is C14H26. The van der Waals surface area contributed by atoms with Crippen LogP contribution in [0.5, 0.6) is 0 Å². The molecule has 1 spiro atoms. The molecule has 1 atom stereocenters. The molecule has 0 amide bonds. The van der Waals surface area contributed by atoms with Crippen LogP contribution in [0.1, 0.15) is 71.6 Å². The van der Waals surface area contributed by atoms with Crippen LogP contribution in [0.15, 0.2) is 0 Å². The van der Waals surface area contributed by atoms with Gasteiger partial charge in [0.1, 0.15) is 0 Å². The van der Waals surface area contributed by atoms with E-state index in [0.29, 0.717) is 0 Å². The second kappa shape index (κ2) is 4.24. The summed E-state index contributed by atoms with van der Waals surface area (Å²) in [5, 5.41) is 0. The van der Waals surface area contributed by atoms with E-state index in [1.807, 2.05) is 0 Å². The quantitative estimate of drug-likeness (QED) is 0.563. The van der Waals surface area contributed by atoms with Crippen LogP contribution < -0.4 is 0 Å². The molecule has 2 fully saturated rings. The lowest BCUT2D eigenvalue weighted by atomic mass is 9.61. The third-order valence-electron chi connectivity index (χ3n) is 4.83. The fraction of sp³-hybridized carbons (Fsp3) is 1.00. The van der Waals surface area contributed by atoms with Gasteiger partial charge in [-0.05, 0) is 42.9 Å². The normalized spacial score (nSPS) is 32.4. The van der Waals surface area contributed by atoms with Gasteiger partial charge >= 0.3 is 0 Å². The van der Waals surface area contributed by atoms with Crippen molar-refractivity contribution in [1.29, 1.82) is 0 Å². The highest BCUT2D eigenvalue weighted by Crippen LogP contribution is 2.50. The highest BCUT2D eigenvalue weighted by molar-refractivity contribution is 4.89. The monoisotopic (exact) mass is 194 g/mol. The van der Waals surface area contributed by atoms with Gasteiger partial charge in [0.25, 0.3) is 0 Å². The Bertz CT molecular complexity index is 169. The summed E-state index contributed by atoms with van der Waals surface area (Å²) in [6.07, 6.45) is 13.8. The first kappa shape index (κ1) is 10.5. The highest BCUT2D eigenvalue weighted by atomic mass is 14.4. The summed E-state index contributed by atoms with van der Waals surface area (Å²) < 4.78 is 0. The summed E-state index contributed by atoms with van der Waals surface area (Å²) in [5.74, 6) is 1.97. The molecule has 0 bridgehead atoms. The number of hydrogen-bond donors (Lipinski definition) is 0. The highest BCUT2D eigenvalue weighted by Gasteiger charge is 2.37. The van der Waals surface area contributed by atoms with E-state index >= 15 is 0 Å². The lowest BCUT2D eigenvalue weighted by molar-refractivity contribution is 0.0700. The van der Waals surface area contributed by atoms with Crippen molar-refractivity contribution in [3.8, 4) is 0 Å². The van der Waals surface area contributed by atoms with Gasteiger partial charge in [-0.1, -0.05) is 46.0 Å². The van der Waals surface area contributed by atoms with Crippen LogP contribution in [0, 0.1) is 17.3 Å². The summed E-state index contributed by atoms with van der Waals surface area (Å²) in [6, 6.07) is 0. The Morgan fingerprint density at radius 2 is 1.57 bits per heavy atom. The van der Waals surface area contributed by atoms with Gasteiger partial charge in [-0.2, -0.15) is 0 Å². The second-order valence-corrected chi connectivity index (χ2v) is 6.16. The molecule has 14 heavy (non-hydrogen) atoms. The summed E-state index contributed by atoms with van der Waals surface area (Å²) in [5.41, 5.74) is 0.811. The van der Waals surface area contributed by atoms with E-state index in [-0.39, 0.29) is 0 Å². The molecule has 0 nitrogen and oxygen atoms in total. The molecule has 0 radical (unpaired) electrons. The first-order valence-corrected chi connectivity index (χ1v) is 6.72. The minimum absolute atomic E-state index is 0.811. The number of hydrogen-bond acceptors (Lipinski definition) is 0. The van der Waals surface area contributed by atoms with E-state index in [1.165, 1.54) is 32.1 Å². The van der Waals surface area contributed by atoms with Crippen molar-refractivity contribution in [1.82, 2.24) is 0 Å². The summed E-state index contributed by atoms with van der Waals surface area (Å²) >= 11 is 0. The molecule has 0 aliphatic heterocycles. The fourth-order valence-electron chi connectivity index (χ4n) is 3.82. The molecule has 0 N–H and O–H groups in total. The maximum Gasteiger partial charge on any atom is -0.0295 e. The molecule has 82 valence electrons. The lowest BCUT2D eigenvalue weighted by Gasteiger charge is -2.45. The van der Waals surface area contributed by atoms with E-state index in [4.69, 9.17) is 0 Å². The Kier molecular flexibility index (Phi) is 3.19. The van der Waals surface area contributed by atoms with Crippen LogP contribution in [0.2, 0.25) is 0 Å². The molecule has 0 heteroatoms. The standard InChI is InChI=1S/C14H26/c1-12(2)13-7-6-10-14(11-13)8-4-3-5-9-14/h12-13H,3-11H2,1-2H3. The van der Waals surface area contributed by atoms with Gasteiger partial charge in [-0.15, -0.1) is 0 Å². The average Bonchev–Trinajstić information content (AvgIpc) is 2.19. The van der Waals surface area contributed by atoms with Crippen LogP contribution in [0.25, 0.3) is 0 Å². The Labute approximate surface area is 89.5 Å². The van der Waals surface area contributed by atoms with Gasteiger partial charge in [0.15, 0.2) is 0 Å². The Balaban J connectivity index is 1.97. The zero-order valence-corrected chi connectivity index (χ0v) is 10.0. The smallest absolute Gasteiger partial charge is 0.0295 e. The molecule has 0 aromatic carbocycles. The maximum atomic E-state index is 2.42. The topological polar surface area (TPSA) is 0 Å². The van der Waals surface area contributed by atoms with Crippen molar-refractivity contribution in [3.05, 3.63) is 0 Å². The van der Waals surface area contributed by atoms with Crippen molar-refractivity contribution in [3.63, 3.8) is 0 Å². The molecule has 0 saturated heterocycles. The molecule has 2 saturated carbocycles. The molecular weight excluding hydrogens is 168 g/mol. The lowest BCUT2D eigenvalue weighted by Crippen LogP contribution is -2.32. The van der Waals surface area contributed by atoms with E-state index in [0.717, 1.165) is 17.3 Å². The molecule has 0 aromatic heterocycles. The van der Waals surface area contributed by atoms with E-state index in [2.05, 4.69) is 13.8 Å². The SMILES string of the molecule is CC(C)C1CCCC2(CCCCC2)C1. The van der Waals surface area contributed by atoms with Crippen LogP contribution in [-0.2, 0) is 0 Å². The molecule has 2 rings (SSSR count). The average molecular weight is 194 g/mol. The van der Waals surface area contributed by atoms with E-state index < -0.39 is 0 Å². The fourth-order valence-corrected chi connectivity index (χ4v) is 3.82. The third kappa shape index (κ3) is 2.15. The zero-order valence-electron chi connectivity index (χ0n) is 10.0. The van der Waals surface area contributed by atoms with Crippen LogP contribution >= 0.6 is 0 Å². The maximum absolute atomic E-state index is 2.42. The number of rotatable bonds is 1. The molecule has 2 aliphatic rings. The molecule has 0 heterocycles. The predicted octanol–water partition coefficient (Wildman–Crippen LogP) is 4.78. The van der Waals surface area contributed by atoms with Crippen molar-refractivity contribution >= 4 is 0 Å². The molecule has 1 unspecified atom stereocenters. The molecule has 0 aromatic rings. The second-order valence-electron chi connectivity index (χ2n) is 6.16. The first-order valence-electron chi connectivity index (χ1n) is 6.72. The van der Waals surface area contributed by atoms with Gasteiger partial charge in [0.05, 0.1) is 0 Å². The van der Waals surface area contributed by atoms with Crippen molar-refractivity contribution < 1.29 is 0 Å². The van der Waals surface area contributed by atoms with E-state index in [9.17, 15) is 0 Å². The van der Waals surface area contributed by atoms with Crippen molar-refractivity contribution in [2.24, 2.45) is 17.3 Å². The van der Waals surface area contributed by atoms with Gasteiger partial charge in [-0.3, -0.25) is 0 Å². The summed E-state index contributed by atoms with van der Waals surface area (Å²) in [6.45, 7) is 4.85. The summed E-state index contributed by atoms with van der Waals surface area (Å²) in [4.78, 5) is 0. The largest absolute Gasteiger partial charge is 0.0625 e. The van der Waals surface area contributed by atoms with Gasteiger partial charge in [0.2, 0.25) is 0 Å². The minimum atomic E-state index is 0.811. The van der Waals surface area contributed by atoms with E-state index in [1.54, 1.807) is 25.7 Å². The summed E-state index contributed by atoms with van der Waals surface area (Å²) in [7, 11) is 0. The van der Waals surface area contributed by atoms with Crippen molar-refractivity contribution in [2.45, 2.75) is 71.6 Å². The van der Waals surface area contributed by atoms with Crippen LogP contribution in [0.3, 0.4) is 0 Å². The first-order chi connectivity index (χ1) is 6.72. The predicted molar refractivity (Wildman–Crippen MR) is 62.3 cm³/mol. The third-order valence-corrected chi connectivity index (χ3v) is 4.83. The van der Waals surface area contributed by atoms with Crippen LogP contribution in [-0.4, -0.2) is 0 Å². The Hall–Kier alpha value is 0. The van der Waals surface area contributed by atoms with Gasteiger partial charge in [0, 0.05) is 0 Å². The van der Waals surface area contributed by atoms with Crippen LogP contribution in [0.4, 0.5) is 0 Å². The Morgan fingerprint density at radius 1 is 0.929 bits per heavy atom. The minimum Gasteiger partial charge on any atom is -0.0625 e. The molecule has 2 aliphatic carbocycles. The Morgan fingerprint density at radius 3 is 2.21 bits per heavy atom. The van der Waals surface area contributed by atoms with Gasteiger partial charge < -0.3 is 0 Å². The van der Waals surface area contributed by atoms with Crippen molar-refractivity contribution in [2.75, 3.05) is 0 Å². The van der Waals surface area contributed by atoms with Gasteiger partial charge in [-0.25, -0.2) is 0 Å². The zero-order chi connectivity index (χ0) is 10.0.